The Morgan fingerprint density at radius 1 is 1.09 bits per heavy atom. The van der Waals surface area contributed by atoms with Crippen molar-refractivity contribution in [1.29, 1.82) is 0 Å². The van der Waals surface area contributed by atoms with Gasteiger partial charge in [0.1, 0.15) is 0 Å². The summed E-state index contributed by atoms with van der Waals surface area (Å²) in [5, 5.41) is 0.658. The third-order valence-corrected chi connectivity index (χ3v) is 5.91. The average molecular weight is 336 g/mol. The predicted octanol–water partition coefficient (Wildman–Crippen LogP) is 3.76. The lowest BCUT2D eigenvalue weighted by molar-refractivity contribution is 0.461. The lowest BCUT2D eigenvalue weighted by Gasteiger charge is -2.18. The van der Waals surface area contributed by atoms with Crippen LogP contribution in [0.3, 0.4) is 0 Å². The highest BCUT2D eigenvalue weighted by Gasteiger charge is 2.23. The van der Waals surface area contributed by atoms with Crippen molar-refractivity contribution in [3.05, 3.63) is 42.2 Å². The van der Waals surface area contributed by atoms with Crippen LogP contribution in [0.4, 0.5) is 0 Å². The van der Waals surface area contributed by atoms with E-state index in [0.717, 1.165) is 10.6 Å². The smallest absolute Gasteiger partial charge is 0.192 e. The molecule has 1 heterocycles. The summed E-state index contributed by atoms with van der Waals surface area (Å²) in [4.78, 5) is 9.79. The summed E-state index contributed by atoms with van der Waals surface area (Å²) in [7, 11) is -3.25. The van der Waals surface area contributed by atoms with Crippen LogP contribution in [-0.4, -0.2) is 24.1 Å². The highest BCUT2D eigenvalue weighted by molar-refractivity contribution is 7.99. The van der Waals surface area contributed by atoms with E-state index in [0.29, 0.717) is 10.1 Å². The molecule has 0 unspecified atom stereocenters. The van der Waals surface area contributed by atoms with E-state index in [1.807, 2.05) is 33.8 Å². The van der Waals surface area contributed by atoms with Gasteiger partial charge in [-0.2, -0.15) is 0 Å². The van der Waals surface area contributed by atoms with Gasteiger partial charge in [0.2, 0.25) is 0 Å². The number of rotatable bonds is 4. The zero-order chi connectivity index (χ0) is 16.4. The SMILES string of the molecule is Cc1ccnc(Sc2ccc(S(=O)(=O)CC(C)(C)C)cc2)n1. The molecular weight excluding hydrogens is 316 g/mol. The fourth-order valence-corrected chi connectivity index (χ4v) is 4.59. The van der Waals surface area contributed by atoms with E-state index in [-0.39, 0.29) is 11.2 Å². The maximum absolute atomic E-state index is 12.3. The quantitative estimate of drug-likeness (QED) is 0.796. The molecule has 0 aliphatic carbocycles. The Bertz CT molecular complexity index is 748. The van der Waals surface area contributed by atoms with Gasteiger partial charge in [0.05, 0.1) is 10.6 Å². The lowest BCUT2D eigenvalue weighted by Crippen LogP contribution is -2.20. The van der Waals surface area contributed by atoms with Crippen molar-refractivity contribution >= 4 is 21.6 Å². The van der Waals surface area contributed by atoms with E-state index < -0.39 is 9.84 Å². The molecule has 0 fully saturated rings. The van der Waals surface area contributed by atoms with E-state index >= 15 is 0 Å². The summed E-state index contributed by atoms with van der Waals surface area (Å²) in [5.41, 5.74) is 0.642. The predicted molar refractivity (Wildman–Crippen MR) is 88.8 cm³/mol. The minimum atomic E-state index is -3.25. The number of aryl methyl sites for hydroxylation is 1. The van der Waals surface area contributed by atoms with Gasteiger partial charge in [0.25, 0.3) is 0 Å². The first-order chi connectivity index (χ1) is 10.2. The summed E-state index contributed by atoms with van der Waals surface area (Å²) in [5.74, 6) is 0.132. The van der Waals surface area contributed by atoms with Gasteiger partial charge in [-0.15, -0.1) is 0 Å². The Labute approximate surface area is 136 Å². The van der Waals surface area contributed by atoms with Crippen molar-refractivity contribution in [1.82, 2.24) is 9.97 Å². The van der Waals surface area contributed by atoms with E-state index in [1.54, 1.807) is 30.5 Å². The molecule has 4 nitrogen and oxygen atoms in total. The Balaban J connectivity index is 2.17. The zero-order valence-electron chi connectivity index (χ0n) is 13.2. The van der Waals surface area contributed by atoms with Crippen LogP contribution in [0.15, 0.2) is 51.5 Å². The Morgan fingerprint density at radius 3 is 2.27 bits per heavy atom. The molecule has 1 aromatic carbocycles. The van der Waals surface area contributed by atoms with E-state index in [9.17, 15) is 8.42 Å². The molecule has 0 atom stereocenters. The number of nitrogens with zero attached hydrogens (tertiary/aromatic N) is 2. The summed E-state index contributed by atoms with van der Waals surface area (Å²) < 4.78 is 24.7. The first-order valence-corrected chi connectivity index (χ1v) is 9.43. The van der Waals surface area contributed by atoms with Crippen LogP contribution in [0.25, 0.3) is 0 Å². The molecule has 2 rings (SSSR count). The number of hydrogen-bond acceptors (Lipinski definition) is 5. The monoisotopic (exact) mass is 336 g/mol. The number of benzene rings is 1. The molecular formula is C16H20N2O2S2. The summed E-state index contributed by atoms with van der Waals surface area (Å²) in [6.07, 6.45) is 1.72. The normalized spacial score (nSPS) is 12.4. The first kappa shape index (κ1) is 17.0. The summed E-state index contributed by atoms with van der Waals surface area (Å²) in [6, 6.07) is 8.74. The Kier molecular flexibility index (Phi) is 4.92. The van der Waals surface area contributed by atoms with Crippen molar-refractivity contribution in [2.75, 3.05) is 5.75 Å². The lowest BCUT2D eigenvalue weighted by atomic mass is 10.0. The van der Waals surface area contributed by atoms with Gasteiger partial charge >= 0.3 is 0 Å². The molecule has 6 heteroatoms. The van der Waals surface area contributed by atoms with Crippen molar-refractivity contribution in [2.24, 2.45) is 5.41 Å². The van der Waals surface area contributed by atoms with Gasteiger partial charge in [0, 0.05) is 16.8 Å². The molecule has 0 saturated carbocycles. The third kappa shape index (κ3) is 4.81. The molecule has 0 N–H and O–H groups in total. The molecule has 118 valence electrons. The maximum Gasteiger partial charge on any atom is 0.192 e. The van der Waals surface area contributed by atoms with Crippen LogP contribution in [0, 0.1) is 12.3 Å². The van der Waals surface area contributed by atoms with Crippen molar-refractivity contribution in [3.63, 3.8) is 0 Å². The van der Waals surface area contributed by atoms with E-state index in [2.05, 4.69) is 9.97 Å². The average Bonchev–Trinajstić information content (AvgIpc) is 2.36. The van der Waals surface area contributed by atoms with Gasteiger partial charge in [-0.1, -0.05) is 20.8 Å². The van der Waals surface area contributed by atoms with Gasteiger partial charge in [-0.3, -0.25) is 0 Å². The van der Waals surface area contributed by atoms with Crippen LogP contribution in [-0.2, 0) is 9.84 Å². The molecule has 2 aromatic rings. The van der Waals surface area contributed by atoms with Gasteiger partial charge in [0.15, 0.2) is 15.0 Å². The fourth-order valence-electron chi connectivity index (χ4n) is 1.95. The fraction of sp³-hybridized carbons (Fsp3) is 0.375. The van der Waals surface area contributed by atoms with Crippen LogP contribution < -0.4 is 0 Å². The standard InChI is InChI=1S/C16H20N2O2S2/c1-12-9-10-17-15(18-12)21-13-5-7-14(8-6-13)22(19,20)11-16(2,3)4/h5-10H,11H2,1-4H3. The maximum atomic E-state index is 12.3. The molecule has 0 aliphatic heterocycles. The highest BCUT2D eigenvalue weighted by Crippen LogP contribution is 2.27. The molecule has 0 saturated heterocycles. The molecule has 1 aromatic heterocycles. The number of aromatic nitrogens is 2. The van der Waals surface area contributed by atoms with Crippen LogP contribution in [0.2, 0.25) is 0 Å². The molecule has 0 aliphatic rings. The molecule has 0 amide bonds. The minimum Gasteiger partial charge on any atom is -0.231 e. The molecule has 0 spiro atoms. The van der Waals surface area contributed by atoms with Crippen LogP contribution in [0.1, 0.15) is 26.5 Å². The summed E-state index contributed by atoms with van der Waals surface area (Å²) in [6.45, 7) is 7.67. The zero-order valence-corrected chi connectivity index (χ0v) is 14.8. The van der Waals surface area contributed by atoms with Gasteiger partial charge < -0.3 is 0 Å². The van der Waals surface area contributed by atoms with Crippen molar-refractivity contribution in [3.8, 4) is 0 Å². The van der Waals surface area contributed by atoms with E-state index in [1.165, 1.54) is 11.8 Å². The Hall–Kier alpha value is -1.40. The second-order valence-electron chi connectivity index (χ2n) is 6.37. The largest absolute Gasteiger partial charge is 0.231 e. The van der Waals surface area contributed by atoms with Crippen molar-refractivity contribution in [2.45, 2.75) is 42.6 Å². The van der Waals surface area contributed by atoms with Gasteiger partial charge in [-0.25, -0.2) is 18.4 Å². The molecule has 0 radical (unpaired) electrons. The van der Waals surface area contributed by atoms with Gasteiger partial charge in [-0.05, 0) is 54.4 Å². The van der Waals surface area contributed by atoms with Crippen LogP contribution in [0.5, 0.6) is 0 Å². The topological polar surface area (TPSA) is 59.9 Å². The second-order valence-corrected chi connectivity index (χ2v) is 9.40. The molecule has 0 bridgehead atoms. The van der Waals surface area contributed by atoms with Crippen LogP contribution >= 0.6 is 11.8 Å². The number of sulfone groups is 1. The summed E-state index contributed by atoms with van der Waals surface area (Å²) >= 11 is 1.42. The Morgan fingerprint density at radius 2 is 1.73 bits per heavy atom. The second kappa shape index (κ2) is 6.38. The number of hydrogen-bond donors (Lipinski definition) is 0. The van der Waals surface area contributed by atoms with E-state index in [4.69, 9.17) is 0 Å². The minimum absolute atomic E-state index is 0.132. The highest BCUT2D eigenvalue weighted by atomic mass is 32.2. The van der Waals surface area contributed by atoms with Crippen molar-refractivity contribution < 1.29 is 8.42 Å². The first-order valence-electron chi connectivity index (χ1n) is 6.96. The third-order valence-electron chi connectivity index (χ3n) is 2.79. The molecule has 22 heavy (non-hydrogen) atoms.